The number of fused-ring (bicyclic) bond motifs is 12. The Labute approximate surface area is 354 Å². The molecular formula is C54H43BN2S2. The first-order valence-electron chi connectivity index (χ1n) is 20.8. The maximum Gasteiger partial charge on any atom is 0.277 e. The van der Waals surface area contributed by atoms with Gasteiger partial charge in [-0.15, -0.1) is 22.7 Å². The van der Waals surface area contributed by atoms with E-state index in [1.165, 1.54) is 113 Å². The standard InChI is InChI=1S/C54H43BN2S2/c1-53(2,3)37-19-23-39(24-20-37)56-44-29-36-17-11-12-18-41(36)48-47(44)55(51-49(56)42-27-32-13-7-9-15-34(32)30-45(42)58-51)52-50(57(48)40-25-21-38(22-26-40)54(4,5)6)43-28-33-14-8-10-16-35(33)31-46(43)59-52/h7-31H,1-6H3. The summed E-state index contributed by atoms with van der Waals surface area (Å²) < 4.78 is 5.49. The van der Waals surface area contributed by atoms with E-state index in [0.717, 1.165) is 0 Å². The number of hydrogen-bond acceptors (Lipinski definition) is 4. The fourth-order valence-corrected chi connectivity index (χ4v) is 12.6. The Kier molecular flexibility index (Phi) is 7.33. The van der Waals surface area contributed by atoms with Gasteiger partial charge in [0.25, 0.3) is 6.71 Å². The molecule has 59 heavy (non-hydrogen) atoms. The highest BCUT2D eigenvalue weighted by molar-refractivity contribution is 7.41. The van der Waals surface area contributed by atoms with E-state index >= 15 is 0 Å². The highest BCUT2D eigenvalue weighted by Crippen LogP contribution is 2.53. The van der Waals surface area contributed by atoms with Crippen molar-refractivity contribution in [3.05, 3.63) is 163 Å². The molecular weight excluding hydrogens is 752 g/mol. The third-order valence-electron chi connectivity index (χ3n) is 12.9. The Bertz CT molecular complexity index is 3350. The number of rotatable bonds is 2. The smallest absolute Gasteiger partial charge is 0.277 e. The van der Waals surface area contributed by atoms with Crippen molar-refractivity contribution < 1.29 is 0 Å². The SMILES string of the molecule is CC(C)(C)c1ccc(N2c3cc4ccccc4c4c3B(c3sc5cc6ccccc6cc5c32)c2sc3cc5ccccc5cc3c2N4c2ccc(C(C)(C)C)cc2)cc1. The molecule has 0 unspecified atom stereocenters. The molecule has 0 atom stereocenters. The summed E-state index contributed by atoms with van der Waals surface area (Å²) in [6, 6.07) is 57.9. The second kappa shape index (κ2) is 12.3. The van der Waals surface area contributed by atoms with Crippen LogP contribution in [0, 0.1) is 0 Å². The first-order valence-corrected chi connectivity index (χ1v) is 22.4. The summed E-state index contributed by atoms with van der Waals surface area (Å²) >= 11 is 3.98. The lowest BCUT2D eigenvalue weighted by Crippen LogP contribution is -2.59. The average molecular weight is 795 g/mol. The number of anilines is 6. The van der Waals surface area contributed by atoms with Crippen LogP contribution in [0.15, 0.2) is 152 Å². The van der Waals surface area contributed by atoms with E-state index in [9.17, 15) is 0 Å². The fourth-order valence-electron chi connectivity index (χ4n) is 9.83. The highest BCUT2D eigenvalue weighted by atomic mass is 32.1. The van der Waals surface area contributed by atoms with Crippen LogP contribution in [0.2, 0.25) is 0 Å². The minimum absolute atomic E-state index is 0.0503. The summed E-state index contributed by atoms with van der Waals surface area (Å²) in [5, 5.41) is 10.3. The Hall–Kier alpha value is -5.88. The van der Waals surface area contributed by atoms with Gasteiger partial charge >= 0.3 is 0 Å². The van der Waals surface area contributed by atoms with Gasteiger partial charge < -0.3 is 9.80 Å². The van der Waals surface area contributed by atoms with Gasteiger partial charge in [-0.3, -0.25) is 0 Å². The zero-order valence-corrected chi connectivity index (χ0v) is 35.9. The van der Waals surface area contributed by atoms with Crippen molar-refractivity contribution in [2.45, 2.75) is 52.4 Å². The van der Waals surface area contributed by atoms with E-state index in [-0.39, 0.29) is 17.5 Å². The summed E-state index contributed by atoms with van der Waals surface area (Å²) in [5.74, 6) is 0. The van der Waals surface area contributed by atoms with Gasteiger partial charge in [0.15, 0.2) is 0 Å². The van der Waals surface area contributed by atoms with E-state index in [2.05, 4.69) is 203 Å². The zero-order valence-electron chi connectivity index (χ0n) is 34.2. The first kappa shape index (κ1) is 35.1. The molecule has 2 aliphatic rings. The lowest BCUT2D eigenvalue weighted by molar-refractivity contribution is 0.590. The molecule has 0 spiro atoms. The Balaban J connectivity index is 1.24. The Morgan fingerprint density at radius 2 is 0.831 bits per heavy atom. The van der Waals surface area contributed by atoms with E-state index in [1.54, 1.807) is 0 Å². The second-order valence-corrected chi connectivity index (χ2v) is 20.8. The minimum Gasteiger partial charge on any atom is -0.310 e. The van der Waals surface area contributed by atoms with Crippen molar-refractivity contribution in [1.82, 2.24) is 0 Å². The summed E-state index contributed by atoms with van der Waals surface area (Å²) in [6.45, 7) is 13.9. The molecule has 0 fully saturated rings. The normalized spacial score (nSPS) is 13.8. The molecule has 0 N–H and O–H groups in total. The molecule has 4 heterocycles. The molecule has 0 saturated carbocycles. The number of hydrogen-bond donors (Lipinski definition) is 0. The molecule has 8 aromatic carbocycles. The maximum absolute atomic E-state index is 2.64. The van der Waals surface area contributed by atoms with Gasteiger partial charge in [-0.2, -0.15) is 0 Å². The van der Waals surface area contributed by atoms with E-state index in [4.69, 9.17) is 0 Å². The van der Waals surface area contributed by atoms with Crippen molar-refractivity contribution in [3.8, 4) is 0 Å². The predicted octanol–water partition coefficient (Wildman–Crippen LogP) is 14.3. The lowest BCUT2D eigenvalue weighted by Gasteiger charge is -2.43. The van der Waals surface area contributed by atoms with Gasteiger partial charge in [0.2, 0.25) is 0 Å². The largest absolute Gasteiger partial charge is 0.310 e. The topological polar surface area (TPSA) is 6.48 Å². The summed E-state index contributed by atoms with van der Waals surface area (Å²) in [7, 11) is 0. The number of thiophene rings is 2. The number of nitrogens with zero attached hydrogens (tertiary/aromatic N) is 2. The van der Waals surface area contributed by atoms with Crippen molar-refractivity contribution in [1.29, 1.82) is 0 Å². The van der Waals surface area contributed by atoms with Gasteiger partial charge in [-0.25, -0.2) is 0 Å². The third-order valence-corrected chi connectivity index (χ3v) is 15.3. The minimum atomic E-state index is 0.0503. The van der Waals surface area contributed by atoms with Crippen LogP contribution in [0.1, 0.15) is 52.7 Å². The van der Waals surface area contributed by atoms with Crippen molar-refractivity contribution in [2.24, 2.45) is 0 Å². The van der Waals surface area contributed by atoms with Crippen LogP contribution in [0.25, 0.3) is 52.5 Å². The molecule has 10 aromatic rings. The zero-order chi connectivity index (χ0) is 39.9. The van der Waals surface area contributed by atoms with Crippen LogP contribution in [0.3, 0.4) is 0 Å². The van der Waals surface area contributed by atoms with Crippen LogP contribution in [-0.4, -0.2) is 6.71 Å². The Morgan fingerprint density at radius 1 is 0.407 bits per heavy atom. The van der Waals surface area contributed by atoms with Gasteiger partial charge in [-0.1, -0.05) is 139 Å². The number of benzene rings is 8. The maximum atomic E-state index is 2.64. The van der Waals surface area contributed by atoms with Gasteiger partial charge in [-0.05, 0) is 109 Å². The molecule has 2 nitrogen and oxygen atoms in total. The van der Waals surface area contributed by atoms with E-state index < -0.39 is 0 Å². The molecule has 0 bridgehead atoms. The quantitative estimate of drug-likeness (QED) is 0.161. The molecule has 0 amide bonds. The lowest BCUT2D eigenvalue weighted by atomic mass is 9.39. The third kappa shape index (κ3) is 5.17. The van der Waals surface area contributed by atoms with E-state index in [0.29, 0.717) is 0 Å². The van der Waals surface area contributed by atoms with Crippen molar-refractivity contribution in [3.63, 3.8) is 0 Å². The molecule has 5 heteroatoms. The van der Waals surface area contributed by atoms with Crippen molar-refractivity contribution in [2.75, 3.05) is 9.80 Å². The first-order chi connectivity index (χ1) is 28.5. The second-order valence-electron chi connectivity index (χ2n) is 18.6. The Morgan fingerprint density at radius 3 is 1.32 bits per heavy atom. The van der Waals surface area contributed by atoms with Crippen LogP contribution in [0.4, 0.5) is 34.1 Å². The molecule has 0 radical (unpaired) electrons. The summed E-state index contributed by atoms with van der Waals surface area (Å²) in [6.07, 6.45) is 0. The molecule has 0 saturated heterocycles. The molecule has 284 valence electrons. The fraction of sp³-hybridized carbons (Fsp3) is 0.148. The molecule has 2 aromatic heterocycles. The van der Waals surface area contributed by atoms with Crippen LogP contribution < -0.4 is 24.8 Å². The molecule has 12 rings (SSSR count). The predicted molar refractivity (Wildman–Crippen MR) is 261 cm³/mol. The van der Waals surface area contributed by atoms with Gasteiger partial charge in [0.1, 0.15) is 0 Å². The molecule has 0 aliphatic carbocycles. The van der Waals surface area contributed by atoms with Crippen LogP contribution in [-0.2, 0) is 10.8 Å². The highest BCUT2D eigenvalue weighted by Gasteiger charge is 2.47. The molecule has 2 aliphatic heterocycles. The van der Waals surface area contributed by atoms with E-state index in [1.807, 2.05) is 22.7 Å². The van der Waals surface area contributed by atoms with Gasteiger partial charge in [0.05, 0.1) is 17.1 Å². The average Bonchev–Trinajstić information content (AvgIpc) is 3.79. The summed E-state index contributed by atoms with van der Waals surface area (Å²) in [4.78, 5) is 5.26. The summed E-state index contributed by atoms with van der Waals surface area (Å²) in [5.41, 5.74) is 11.7. The monoisotopic (exact) mass is 794 g/mol. The van der Waals surface area contributed by atoms with Crippen LogP contribution in [0.5, 0.6) is 0 Å². The van der Waals surface area contributed by atoms with Crippen molar-refractivity contribution >= 4 is 131 Å². The van der Waals surface area contributed by atoms with Crippen LogP contribution >= 0.6 is 22.7 Å². The van der Waals surface area contributed by atoms with Gasteiger partial charge in [0, 0.05) is 52.2 Å².